The Bertz CT molecular complexity index is 286. The van der Waals surface area contributed by atoms with Crippen molar-refractivity contribution >= 4 is 5.97 Å². The molecule has 1 rings (SSSR count). The maximum atomic E-state index is 12.2. The van der Waals surface area contributed by atoms with Gasteiger partial charge in [0, 0.05) is 0 Å². The van der Waals surface area contributed by atoms with Crippen LogP contribution in [0.1, 0.15) is 66.2 Å². The van der Waals surface area contributed by atoms with Gasteiger partial charge in [-0.3, -0.25) is 4.79 Å². The van der Waals surface area contributed by atoms with Gasteiger partial charge >= 0.3 is 5.97 Å². The third-order valence-corrected chi connectivity index (χ3v) is 4.31. The Hall–Kier alpha value is -0.570. The quantitative estimate of drug-likeness (QED) is 0.751. The Labute approximate surface area is 117 Å². The summed E-state index contributed by atoms with van der Waals surface area (Å²) in [6.45, 7) is 8.73. The summed E-state index contributed by atoms with van der Waals surface area (Å²) in [5.41, 5.74) is -0.400. The number of aliphatic hydroxyl groups is 1. The van der Waals surface area contributed by atoms with Gasteiger partial charge in [-0.1, -0.05) is 26.7 Å². The number of hydrogen-bond acceptors (Lipinski definition) is 3. The van der Waals surface area contributed by atoms with Crippen molar-refractivity contribution in [3.05, 3.63) is 0 Å². The molecule has 0 amide bonds. The van der Waals surface area contributed by atoms with Crippen LogP contribution < -0.4 is 0 Å². The zero-order valence-corrected chi connectivity index (χ0v) is 12.9. The van der Waals surface area contributed by atoms with Gasteiger partial charge in [0.25, 0.3) is 0 Å². The molecule has 0 aromatic carbocycles. The van der Waals surface area contributed by atoms with Crippen LogP contribution in [-0.2, 0) is 9.53 Å². The minimum atomic E-state index is -0.400. The van der Waals surface area contributed by atoms with E-state index in [2.05, 4.69) is 13.8 Å². The van der Waals surface area contributed by atoms with E-state index >= 15 is 0 Å². The van der Waals surface area contributed by atoms with Crippen LogP contribution in [0.25, 0.3) is 0 Å². The van der Waals surface area contributed by atoms with Crippen LogP contribution in [0.15, 0.2) is 0 Å². The largest absolute Gasteiger partial charge is 0.465 e. The number of esters is 1. The second-order valence-corrected chi connectivity index (χ2v) is 6.89. The first kappa shape index (κ1) is 16.5. The number of carbonyl (C=O) groups excluding carboxylic acids is 1. The molecular formula is C16H30O3. The van der Waals surface area contributed by atoms with E-state index in [9.17, 15) is 9.90 Å². The smallest absolute Gasteiger partial charge is 0.311 e. The number of hydrogen-bond donors (Lipinski definition) is 1. The summed E-state index contributed by atoms with van der Waals surface area (Å²) in [7, 11) is 0. The summed E-state index contributed by atoms with van der Waals surface area (Å²) in [5, 5.41) is 9.62. The Balaban J connectivity index is 2.37. The molecule has 0 spiro atoms. The highest BCUT2D eigenvalue weighted by atomic mass is 16.5. The van der Waals surface area contributed by atoms with E-state index < -0.39 is 5.41 Å². The van der Waals surface area contributed by atoms with Crippen molar-refractivity contribution in [3.8, 4) is 0 Å². The predicted octanol–water partition coefficient (Wildman–Crippen LogP) is 3.54. The monoisotopic (exact) mass is 270 g/mol. The summed E-state index contributed by atoms with van der Waals surface area (Å²) >= 11 is 0. The zero-order valence-electron chi connectivity index (χ0n) is 12.9. The molecular weight excluding hydrogens is 240 g/mol. The number of carbonyl (C=O) groups is 1. The average molecular weight is 270 g/mol. The first-order chi connectivity index (χ1) is 8.85. The molecule has 0 aromatic heterocycles. The van der Waals surface area contributed by atoms with Gasteiger partial charge < -0.3 is 9.84 Å². The lowest BCUT2D eigenvalue weighted by Gasteiger charge is -2.29. The van der Waals surface area contributed by atoms with Crippen molar-refractivity contribution < 1.29 is 14.6 Å². The molecule has 0 bridgehead atoms. The Morgan fingerprint density at radius 1 is 1.42 bits per heavy atom. The van der Waals surface area contributed by atoms with Gasteiger partial charge in [-0.15, -0.1) is 0 Å². The van der Waals surface area contributed by atoms with Crippen LogP contribution in [0.2, 0.25) is 0 Å². The minimum absolute atomic E-state index is 0.0899. The molecule has 3 heteroatoms. The third-order valence-electron chi connectivity index (χ3n) is 4.31. The van der Waals surface area contributed by atoms with Crippen molar-refractivity contribution in [3.63, 3.8) is 0 Å². The number of ether oxygens (including phenoxy) is 1. The molecule has 0 saturated heterocycles. The van der Waals surface area contributed by atoms with E-state index in [1.54, 1.807) is 0 Å². The Kier molecular flexibility index (Phi) is 6.31. The van der Waals surface area contributed by atoms with Gasteiger partial charge in [0.15, 0.2) is 0 Å². The van der Waals surface area contributed by atoms with Gasteiger partial charge in [-0.25, -0.2) is 0 Å². The maximum Gasteiger partial charge on any atom is 0.311 e. The molecule has 19 heavy (non-hydrogen) atoms. The van der Waals surface area contributed by atoms with Gasteiger partial charge in [-0.05, 0) is 51.4 Å². The number of aliphatic hydroxyl groups excluding tert-OH is 1. The highest BCUT2D eigenvalue weighted by molar-refractivity contribution is 5.75. The molecule has 1 saturated carbocycles. The molecule has 0 aromatic rings. The third kappa shape index (κ3) is 5.52. The first-order valence-corrected chi connectivity index (χ1v) is 7.70. The van der Waals surface area contributed by atoms with Crippen LogP contribution >= 0.6 is 0 Å². The molecule has 0 heterocycles. The highest BCUT2D eigenvalue weighted by Gasteiger charge is 2.31. The lowest BCUT2D eigenvalue weighted by Crippen LogP contribution is -2.31. The fraction of sp³-hybridized carbons (Fsp3) is 0.938. The standard InChI is InChI=1S/C16H30O3/c1-5-12(2)10-16(3,4)15(18)19-11-13-7-6-8-14(17)9-13/h12-14,17H,5-11H2,1-4H3. The van der Waals surface area contributed by atoms with Gasteiger partial charge in [0.2, 0.25) is 0 Å². The summed E-state index contributed by atoms with van der Waals surface area (Å²) in [6.07, 6.45) is 5.53. The molecule has 3 unspecified atom stereocenters. The van der Waals surface area contributed by atoms with Gasteiger partial charge in [0.05, 0.1) is 18.1 Å². The van der Waals surface area contributed by atoms with Crippen LogP contribution in [0.5, 0.6) is 0 Å². The minimum Gasteiger partial charge on any atom is -0.465 e. The fourth-order valence-corrected chi connectivity index (χ4v) is 2.90. The molecule has 3 nitrogen and oxygen atoms in total. The Morgan fingerprint density at radius 3 is 2.68 bits per heavy atom. The highest BCUT2D eigenvalue weighted by Crippen LogP contribution is 2.30. The van der Waals surface area contributed by atoms with Crippen molar-refractivity contribution in [1.29, 1.82) is 0 Å². The normalized spacial score (nSPS) is 25.9. The first-order valence-electron chi connectivity index (χ1n) is 7.70. The lowest BCUT2D eigenvalue weighted by atomic mass is 9.82. The summed E-state index contributed by atoms with van der Waals surface area (Å²) in [4.78, 5) is 12.2. The molecule has 112 valence electrons. The molecule has 0 aliphatic heterocycles. The van der Waals surface area contributed by atoms with Crippen molar-refractivity contribution in [2.24, 2.45) is 17.3 Å². The van der Waals surface area contributed by atoms with Crippen molar-refractivity contribution in [2.75, 3.05) is 6.61 Å². The van der Waals surface area contributed by atoms with Crippen molar-refractivity contribution in [1.82, 2.24) is 0 Å². The van der Waals surface area contributed by atoms with E-state index in [-0.39, 0.29) is 12.1 Å². The van der Waals surface area contributed by atoms with Crippen LogP contribution in [0, 0.1) is 17.3 Å². The van der Waals surface area contributed by atoms with Gasteiger partial charge in [0.1, 0.15) is 0 Å². The molecule has 1 aliphatic carbocycles. The summed E-state index contributed by atoms with van der Waals surface area (Å²) < 4.78 is 5.49. The van der Waals surface area contributed by atoms with E-state index in [1.807, 2.05) is 13.8 Å². The van der Waals surface area contributed by atoms with E-state index in [4.69, 9.17) is 4.74 Å². The molecule has 1 fully saturated rings. The summed E-state index contributed by atoms with van der Waals surface area (Å²) in [6, 6.07) is 0. The SMILES string of the molecule is CCC(C)CC(C)(C)C(=O)OCC1CCCC(O)C1. The predicted molar refractivity (Wildman–Crippen MR) is 76.8 cm³/mol. The lowest BCUT2D eigenvalue weighted by molar-refractivity contribution is -0.157. The molecule has 1 aliphatic rings. The molecule has 1 N–H and O–H groups in total. The van der Waals surface area contributed by atoms with Crippen LogP contribution in [-0.4, -0.2) is 23.8 Å². The molecule has 3 atom stereocenters. The van der Waals surface area contributed by atoms with E-state index in [0.29, 0.717) is 18.4 Å². The van der Waals surface area contributed by atoms with E-state index in [1.165, 1.54) is 0 Å². The second-order valence-electron chi connectivity index (χ2n) is 6.89. The van der Waals surface area contributed by atoms with E-state index in [0.717, 1.165) is 38.5 Å². The number of rotatable bonds is 6. The fourth-order valence-electron chi connectivity index (χ4n) is 2.90. The molecule has 0 radical (unpaired) electrons. The van der Waals surface area contributed by atoms with Crippen molar-refractivity contribution in [2.45, 2.75) is 72.3 Å². The van der Waals surface area contributed by atoms with Gasteiger partial charge in [-0.2, -0.15) is 0 Å². The zero-order chi connectivity index (χ0) is 14.5. The Morgan fingerprint density at radius 2 is 2.11 bits per heavy atom. The second kappa shape index (κ2) is 7.28. The van der Waals surface area contributed by atoms with Crippen LogP contribution in [0.4, 0.5) is 0 Å². The summed E-state index contributed by atoms with van der Waals surface area (Å²) in [5.74, 6) is 0.791. The maximum absolute atomic E-state index is 12.2. The van der Waals surface area contributed by atoms with Crippen LogP contribution in [0.3, 0.4) is 0 Å². The topological polar surface area (TPSA) is 46.5 Å². The average Bonchev–Trinajstić information content (AvgIpc) is 2.35.